The van der Waals surface area contributed by atoms with Gasteiger partial charge in [0.15, 0.2) is 0 Å². The van der Waals surface area contributed by atoms with Crippen LogP contribution >= 0.6 is 0 Å². The second-order valence-corrected chi connectivity index (χ2v) is 15.0. The van der Waals surface area contributed by atoms with Gasteiger partial charge in [-0.1, -0.05) is 156 Å². The van der Waals surface area contributed by atoms with E-state index in [2.05, 4.69) is 180 Å². The van der Waals surface area contributed by atoms with Gasteiger partial charge in [0.25, 0.3) is 0 Å². The van der Waals surface area contributed by atoms with Gasteiger partial charge in [0, 0.05) is 17.1 Å². The summed E-state index contributed by atoms with van der Waals surface area (Å²) in [6, 6.07) is 49.9. The summed E-state index contributed by atoms with van der Waals surface area (Å²) >= 11 is 0. The average molecular weight is 594 g/mol. The lowest BCUT2D eigenvalue weighted by Gasteiger charge is -2.41. The minimum absolute atomic E-state index is 0.0297. The quantitative estimate of drug-likeness (QED) is 0.184. The number of para-hydroxylation sites is 2. The van der Waals surface area contributed by atoms with Crippen LogP contribution in [0.4, 0.5) is 17.1 Å². The van der Waals surface area contributed by atoms with Gasteiger partial charge in [-0.05, 0) is 90.5 Å². The first kappa shape index (κ1) is 28.6. The molecule has 0 fully saturated rings. The van der Waals surface area contributed by atoms with Crippen LogP contribution in [0.25, 0.3) is 33.4 Å². The van der Waals surface area contributed by atoms with Crippen molar-refractivity contribution in [1.82, 2.24) is 0 Å². The molecular weight excluding hydrogens is 553 g/mol. The van der Waals surface area contributed by atoms with Crippen LogP contribution in [0.2, 0.25) is 0 Å². The number of benzene rings is 6. The molecule has 0 aliphatic carbocycles. The van der Waals surface area contributed by atoms with Crippen molar-refractivity contribution in [2.75, 3.05) is 4.90 Å². The number of hydrogen-bond donors (Lipinski definition) is 0. The van der Waals surface area contributed by atoms with Gasteiger partial charge in [0.05, 0.1) is 0 Å². The zero-order valence-corrected chi connectivity index (χ0v) is 27.7. The molecule has 0 saturated heterocycles. The minimum Gasteiger partial charge on any atom is -0.311 e. The van der Waals surface area contributed by atoms with E-state index in [4.69, 9.17) is 0 Å². The molecule has 0 saturated carbocycles. The molecule has 2 aliphatic heterocycles. The molecule has 0 amide bonds. The largest absolute Gasteiger partial charge is 0.311 e. The Labute approximate surface area is 274 Å². The highest BCUT2D eigenvalue weighted by Crippen LogP contribution is 2.48. The third kappa shape index (κ3) is 4.46. The Balaban J connectivity index is 1.48. The Morgan fingerprint density at radius 3 is 1.78 bits per heavy atom. The van der Waals surface area contributed by atoms with Gasteiger partial charge in [0.1, 0.15) is 0 Å². The van der Waals surface area contributed by atoms with Crippen LogP contribution in [0, 0.1) is 0 Å². The summed E-state index contributed by atoms with van der Waals surface area (Å²) in [7, 11) is 0. The Morgan fingerprint density at radius 1 is 0.435 bits per heavy atom. The predicted molar refractivity (Wildman–Crippen MR) is 199 cm³/mol. The Kier molecular flexibility index (Phi) is 6.45. The van der Waals surface area contributed by atoms with E-state index in [1.807, 2.05) is 0 Å². The third-order valence-electron chi connectivity index (χ3n) is 9.92. The molecule has 6 aromatic carbocycles. The van der Waals surface area contributed by atoms with Gasteiger partial charge < -0.3 is 4.90 Å². The van der Waals surface area contributed by atoms with Gasteiger partial charge in [0.2, 0.25) is 6.71 Å². The van der Waals surface area contributed by atoms with Crippen molar-refractivity contribution in [3.63, 3.8) is 0 Å². The molecule has 2 heterocycles. The fraction of sp³-hybridized carbons (Fsp3) is 0.182. The molecule has 0 radical (unpaired) electrons. The van der Waals surface area contributed by atoms with Gasteiger partial charge in [-0.15, -0.1) is 0 Å². The molecule has 0 atom stereocenters. The number of anilines is 3. The zero-order chi connectivity index (χ0) is 31.8. The summed E-state index contributed by atoms with van der Waals surface area (Å²) in [6.07, 6.45) is 0. The van der Waals surface area contributed by atoms with Crippen LogP contribution in [-0.4, -0.2) is 6.71 Å². The average Bonchev–Trinajstić information content (AvgIpc) is 3.39. The maximum absolute atomic E-state index is 2.63. The molecule has 0 unspecified atom stereocenters. The lowest BCUT2D eigenvalue weighted by atomic mass is 9.36. The Bertz CT molecular complexity index is 2130. The van der Waals surface area contributed by atoms with Crippen molar-refractivity contribution in [2.45, 2.75) is 52.4 Å². The Hall–Kier alpha value is -4.82. The van der Waals surface area contributed by atoms with E-state index in [0.717, 1.165) is 0 Å². The molecule has 0 spiro atoms. The molecule has 0 aromatic heterocycles. The van der Waals surface area contributed by atoms with E-state index >= 15 is 0 Å². The fourth-order valence-electron chi connectivity index (χ4n) is 7.82. The predicted octanol–water partition coefficient (Wildman–Crippen LogP) is 9.90. The van der Waals surface area contributed by atoms with Crippen LogP contribution < -0.4 is 21.3 Å². The summed E-state index contributed by atoms with van der Waals surface area (Å²) in [5, 5.41) is 0. The summed E-state index contributed by atoms with van der Waals surface area (Å²) in [4.78, 5) is 2.63. The van der Waals surface area contributed by atoms with Crippen molar-refractivity contribution in [3.05, 3.63) is 145 Å². The van der Waals surface area contributed by atoms with Crippen LogP contribution in [0.5, 0.6) is 0 Å². The van der Waals surface area contributed by atoms with Crippen LogP contribution in [-0.2, 0) is 10.8 Å². The lowest BCUT2D eigenvalue weighted by molar-refractivity contribution is 0.587. The summed E-state index contributed by atoms with van der Waals surface area (Å²) in [5.74, 6) is 0. The van der Waals surface area contributed by atoms with Crippen LogP contribution in [0.15, 0.2) is 133 Å². The third-order valence-corrected chi connectivity index (χ3v) is 9.92. The molecule has 224 valence electrons. The van der Waals surface area contributed by atoms with E-state index in [0.29, 0.717) is 0 Å². The number of hydrogen-bond acceptors (Lipinski definition) is 1. The molecule has 0 N–H and O–H groups in total. The number of fused-ring (bicyclic) bond motifs is 5. The van der Waals surface area contributed by atoms with E-state index in [-0.39, 0.29) is 17.5 Å². The van der Waals surface area contributed by atoms with Gasteiger partial charge in [-0.3, -0.25) is 0 Å². The number of rotatable bonds is 3. The molecule has 0 bridgehead atoms. The van der Waals surface area contributed by atoms with Crippen molar-refractivity contribution in [2.24, 2.45) is 0 Å². The molecule has 2 aliphatic rings. The second-order valence-electron chi connectivity index (χ2n) is 15.0. The summed E-state index contributed by atoms with van der Waals surface area (Å²) < 4.78 is 0. The smallest absolute Gasteiger partial charge is 0.248 e. The maximum Gasteiger partial charge on any atom is 0.248 e. The highest BCUT2D eigenvalue weighted by molar-refractivity contribution is 7.01. The lowest BCUT2D eigenvalue weighted by Crippen LogP contribution is -2.55. The monoisotopic (exact) mass is 593 g/mol. The Morgan fingerprint density at radius 2 is 1.02 bits per heavy atom. The standard InChI is InChI=1S/C44H40BN/c1-43(2,3)35-21-11-13-25-39(35)46-40-28-32(31-19-14-18-30(26-31)29-16-8-7-9-17-29)27-34-33-20-10-12-23-37(33)45(41(34)40)38-24-15-22-36(42(38)46)44(4,5)6/h7-28H,1-6H3. The summed E-state index contributed by atoms with van der Waals surface area (Å²) in [6.45, 7) is 14.3. The first-order valence-electron chi connectivity index (χ1n) is 16.6. The SMILES string of the molecule is CC(C)(C)c1ccccc1N1c2cc(-c3cccc(-c4ccccc4)c3)cc3c2B(c2ccccc2-3)c2cccc(C(C)(C)C)c21. The molecule has 1 nitrogen and oxygen atoms in total. The molecular formula is C44H40BN. The van der Waals surface area contributed by atoms with Crippen LogP contribution in [0.1, 0.15) is 52.7 Å². The second kappa shape index (κ2) is 10.4. The van der Waals surface area contributed by atoms with Crippen LogP contribution in [0.3, 0.4) is 0 Å². The highest BCUT2D eigenvalue weighted by atomic mass is 15.2. The van der Waals surface area contributed by atoms with E-state index in [1.165, 1.54) is 78.0 Å². The minimum atomic E-state index is -0.0413. The van der Waals surface area contributed by atoms with Crippen molar-refractivity contribution in [3.8, 4) is 33.4 Å². The van der Waals surface area contributed by atoms with Gasteiger partial charge in [-0.25, -0.2) is 0 Å². The van der Waals surface area contributed by atoms with Crippen molar-refractivity contribution >= 4 is 40.2 Å². The highest BCUT2D eigenvalue weighted by Gasteiger charge is 2.44. The molecule has 46 heavy (non-hydrogen) atoms. The fourth-order valence-corrected chi connectivity index (χ4v) is 7.82. The molecule has 8 rings (SSSR count). The molecule has 2 heteroatoms. The van der Waals surface area contributed by atoms with E-state index in [9.17, 15) is 0 Å². The first-order chi connectivity index (χ1) is 22.1. The maximum atomic E-state index is 2.63. The number of nitrogens with zero attached hydrogens (tertiary/aromatic N) is 1. The van der Waals surface area contributed by atoms with E-state index in [1.54, 1.807) is 0 Å². The normalized spacial score (nSPS) is 13.3. The van der Waals surface area contributed by atoms with Crippen molar-refractivity contribution < 1.29 is 0 Å². The first-order valence-corrected chi connectivity index (χ1v) is 16.6. The zero-order valence-electron chi connectivity index (χ0n) is 27.7. The van der Waals surface area contributed by atoms with E-state index < -0.39 is 0 Å². The molecule has 6 aromatic rings. The van der Waals surface area contributed by atoms with Crippen molar-refractivity contribution in [1.29, 1.82) is 0 Å². The summed E-state index contributed by atoms with van der Waals surface area (Å²) in [5.41, 5.74) is 18.4. The topological polar surface area (TPSA) is 3.24 Å². The van der Waals surface area contributed by atoms with Gasteiger partial charge in [-0.2, -0.15) is 0 Å². The van der Waals surface area contributed by atoms with Gasteiger partial charge >= 0.3 is 0 Å².